The van der Waals surface area contributed by atoms with E-state index in [-0.39, 0.29) is 23.7 Å². The number of nitrogens with one attached hydrogen (secondary N) is 2. The molecule has 0 aromatic heterocycles. The summed E-state index contributed by atoms with van der Waals surface area (Å²) in [5, 5.41) is 3.34. The van der Waals surface area contributed by atoms with Gasteiger partial charge < -0.3 is 15.0 Å². The highest BCUT2D eigenvalue weighted by Crippen LogP contribution is 2.19. The standard InChI is InChI=1S/C21H34N4O4S/c1-5-29-20(26)17-10-12-25(13-11-17)21(22-4)23-14-18-8-6-7-9-19(18)15-30(27,28)24-16(2)3/h6-9,16-17,24H,5,10-15H2,1-4H3,(H,22,23). The van der Waals surface area contributed by atoms with E-state index in [0.29, 0.717) is 13.2 Å². The molecule has 2 N–H and O–H groups in total. The number of benzene rings is 1. The van der Waals surface area contributed by atoms with Crippen LogP contribution in [0.3, 0.4) is 0 Å². The quantitative estimate of drug-likeness (QED) is 0.365. The van der Waals surface area contributed by atoms with Crippen molar-refractivity contribution in [2.45, 2.75) is 52.0 Å². The molecule has 0 aliphatic carbocycles. The Morgan fingerprint density at radius 2 is 1.87 bits per heavy atom. The molecule has 1 saturated heterocycles. The zero-order valence-corrected chi connectivity index (χ0v) is 19.2. The second-order valence-corrected chi connectivity index (χ2v) is 9.47. The van der Waals surface area contributed by atoms with Crippen LogP contribution in [0.15, 0.2) is 29.3 Å². The minimum Gasteiger partial charge on any atom is -0.466 e. The van der Waals surface area contributed by atoms with Crippen molar-refractivity contribution in [2.75, 3.05) is 26.7 Å². The van der Waals surface area contributed by atoms with Crippen molar-refractivity contribution >= 4 is 22.0 Å². The van der Waals surface area contributed by atoms with Gasteiger partial charge in [-0.2, -0.15) is 0 Å². The van der Waals surface area contributed by atoms with Crippen LogP contribution >= 0.6 is 0 Å². The van der Waals surface area contributed by atoms with Gasteiger partial charge in [-0.25, -0.2) is 13.1 Å². The maximum Gasteiger partial charge on any atom is 0.309 e. The van der Waals surface area contributed by atoms with Crippen LogP contribution in [0.4, 0.5) is 0 Å². The lowest BCUT2D eigenvalue weighted by molar-refractivity contribution is -0.149. The average Bonchev–Trinajstić information content (AvgIpc) is 2.69. The smallest absolute Gasteiger partial charge is 0.309 e. The summed E-state index contributed by atoms with van der Waals surface area (Å²) in [6.07, 6.45) is 1.46. The monoisotopic (exact) mass is 438 g/mol. The Labute approximate surface area is 180 Å². The maximum absolute atomic E-state index is 12.3. The maximum atomic E-state index is 12.3. The van der Waals surface area contributed by atoms with Gasteiger partial charge in [0.2, 0.25) is 10.0 Å². The summed E-state index contributed by atoms with van der Waals surface area (Å²) in [5.74, 6) is 0.506. The molecule has 1 aliphatic heterocycles. The van der Waals surface area contributed by atoms with E-state index in [1.165, 1.54) is 0 Å². The Morgan fingerprint density at radius 1 is 1.23 bits per heavy atom. The summed E-state index contributed by atoms with van der Waals surface area (Å²) >= 11 is 0. The van der Waals surface area contributed by atoms with Crippen LogP contribution < -0.4 is 10.0 Å². The molecule has 1 aliphatic rings. The molecule has 0 unspecified atom stereocenters. The minimum atomic E-state index is -3.40. The van der Waals surface area contributed by atoms with Gasteiger partial charge in [0.05, 0.1) is 18.3 Å². The average molecular weight is 439 g/mol. The van der Waals surface area contributed by atoms with E-state index in [1.807, 2.05) is 31.2 Å². The lowest BCUT2D eigenvalue weighted by Gasteiger charge is -2.33. The van der Waals surface area contributed by atoms with Crippen molar-refractivity contribution in [1.29, 1.82) is 0 Å². The van der Waals surface area contributed by atoms with Crippen molar-refractivity contribution in [3.8, 4) is 0 Å². The molecule has 0 saturated carbocycles. The molecule has 168 valence electrons. The highest BCUT2D eigenvalue weighted by Gasteiger charge is 2.27. The summed E-state index contributed by atoms with van der Waals surface area (Å²) in [7, 11) is -1.68. The van der Waals surface area contributed by atoms with Gasteiger partial charge in [-0.05, 0) is 44.7 Å². The Kier molecular flexibility index (Phi) is 9.10. The third-order valence-electron chi connectivity index (χ3n) is 4.94. The first-order valence-corrected chi connectivity index (χ1v) is 12.1. The molecule has 1 aromatic carbocycles. The molecular weight excluding hydrogens is 404 g/mol. The second kappa shape index (κ2) is 11.3. The second-order valence-electron chi connectivity index (χ2n) is 7.71. The fourth-order valence-electron chi connectivity index (χ4n) is 3.57. The van der Waals surface area contributed by atoms with E-state index < -0.39 is 10.0 Å². The van der Waals surface area contributed by atoms with E-state index in [2.05, 4.69) is 19.9 Å². The predicted octanol–water partition coefficient (Wildman–Crippen LogP) is 1.86. The largest absolute Gasteiger partial charge is 0.466 e. The van der Waals surface area contributed by atoms with Gasteiger partial charge in [-0.15, -0.1) is 0 Å². The molecule has 0 radical (unpaired) electrons. The highest BCUT2D eigenvalue weighted by atomic mass is 32.2. The number of ether oxygens (including phenoxy) is 1. The van der Waals surface area contributed by atoms with Gasteiger partial charge in [0.25, 0.3) is 0 Å². The number of sulfonamides is 1. The topological polar surface area (TPSA) is 100 Å². The first-order chi connectivity index (χ1) is 14.3. The number of guanidine groups is 1. The van der Waals surface area contributed by atoms with Crippen LogP contribution in [0.25, 0.3) is 0 Å². The van der Waals surface area contributed by atoms with Crippen LogP contribution in [0.5, 0.6) is 0 Å². The number of esters is 1. The number of piperidine rings is 1. The molecule has 9 heteroatoms. The predicted molar refractivity (Wildman–Crippen MR) is 118 cm³/mol. The molecule has 0 bridgehead atoms. The molecule has 30 heavy (non-hydrogen) atoms. The molecule has 8 nitrogen and oxygen atoms in total. The number of nitrogens with zero attached hydrogens (tertiary/aromatic N) is 2. The number of hydrogen-bond donors (Lipinski definition) is 2. The van der Waals surface area contributed by atoms with Crippen LogP contribution in [0, 0.1) is 5.92 Å². The number of carbonyl (C=O) groups excluding carboxylic acids is 1. The van der Waals surface area contributed by atoms with Gasteiger partial charge in [-0.1, -0.05) is 24.3 Å². The van der Waals surface area contributed by atoms with E-state index in [0.717, 1.165) is 43.0 Å². The van der Waals surface area contributed by atoms with E-state index in [1.54, 1.807) is 20.9 Å². The summed E-state index contributed by atoms with van der Waals surface area (Å²) in [5.41, 5.74) is 1.67. The van der Waals surface area contributed by atoms with Crippen molar-refractivity contribution in [3.05, 3.63) is 35.4 Å². The van der Waals surface area contributed by atoms with Gasteiger partial charge in [0.1, 0.15) is 0 Å². The Bertz CT molecular complexity index is 831. The van der Waals surface area contributed by atoms with Crippen molar-refractivity contribution in [1.82, 2.24) is 14.9 Å². The van der Waals surface area contributed by atoms with E-state index in [9.17, 15) is 13.2 Å². The molecule has 2 rings (SSSR count). The Morgan fingerprint density at radius 3 is 2.43 bits per heavy atom. The lowest BCUT2D eigenvalue weighted by Crippen LogP contribution is -2.46. The van der Waals surface area contributed by atoms with Crippen LogP contribution in [0.1, 0.15) is 44.7 Å². The SMILES string of the molecule is CCOC(=O)C1CCN(C(=NC)NCc2ccccc2CS(=O)(=O)NC(C)C)CC1. The van der Waals surface area contributed by atoms with Crippen LogP contribution in [0.2, 0.25) is 0 Å². The van der Waals surface area contributed by atoms with Crippen molar-refractivity contribution < 1.29 is 17.9 Å². The fraction of sp³-hybridized carbons (Fsp3) is 0.619. The number of aliphatic imine (C=N–C) groups is 1. The van der Waals surface area contributed by atoms with Gasteiger partial charge in [-0.3, -0.25) is 9.79 Å². The summed E-state index contributed by atoms with van der Waals surface area (Å²) in [6.45, 7) is 7.75. The molecule has 1 heterocycles. The molecular formula is C21H34N4O4S. The normalized spacial score (nSPS) is 16.0. The number of carbonyl (C=O) groups is 1. The van der Waals surface area contributed by atoms with E-state index >= 15 is 0 Å². The first-order valence-electron chi connectivity index (χ1n) is 10.4. The number of rotatable bonds is 8. The third-order valence-corrected chi connectivity index (χ3v) is 6.46. The Hall–Kier alpha value is -2.13. The highest BCUT2D eigenvalue weighted by molar-refractivity contribution is 7.88. The fourth-order valence-corrected chi connectivity index (χ4v) is 5.06. The molecule has 0 spiro atoms. The van der Waals surface area contributed by atoms with Crippen molar-refractivity contribution in [3.63, 3.8) is 0 Å². The molecule has 1 fully saturated rings. The zero-order chi connectivity index (χ0) is 22.1. The molecule has 0 amide bonds. The third kappa shape index (κ3) is 7.28. The zero-order valence-electron chi connectivity index (χ0n) is 18.3. The van der Waals surface area contributed by atoms with E-state index in [4.69, 9.17) is 4.74 Å². The van der Waals surface area contributed by atoms with Gasteiger partial charge >= 0.3 is 5.97 Å². The number of hydrogen-bond acceptors (Lipinski definition) is 5. The van der Waals surface area contributed by atoms with Gasteiger partial charge in [0, 0.05) is 32.7 Å². The van der Waals surface area contributed by atoms with Crippen molar-refractivity contribution in [2.24, 2.45) is 10.9 Å². The summed E-state index contributed by atoms with van der Waals surface area (Å²) in [6, 6.07) is 7.36. The minimum absolute atomic E-state index is 0.0568. The molecule has 0 atom stereocenters. The van der Waals surface area contributed by atoms with Gasteiger partial charge in [0.15, 0.2) is 5.96 Å². The lowest BCUT2D eigenvalue weighted by atomic mass is 9.97. The number of likely N-dealkylation sites (tertiary alicyclic amines) is 1. The first kappa shape index (κ1) is 24.1. The summed E-state index contributed by atoms with van der Waals surface area (Å²) in [4.78, 5) is 18.4. The van der Waals surface area contributed by atoms with Crippen LogP contribution in [-0.2, 0) is 31.9 Å². The Balaban J connectivity index is 1.97. The summed E-state index contributed by atoms with van der Waals surface area (Å²) < 4.78 is 32.4. The van der Waals surface area contributed by atoms with Crippen LogP contribution in [-0.4, -0.2) is 58.0 Å². The molecule has 1 aromatic rings.